The minimum Gasteiger partial charge on any atom is -0.332 e. The van der Waals surface area contributed by atoms with Crippen LogP contribution in [-0.2, 0) is 6.54 Å². The van der Waals surface area contributed by atoms with Gasteiger partial charge in [0.05, 0.1) is 44.8 Å². The second kappa shape index (κ2) is 9.45. The van der Waals surface area contributed by atoms with Crippen molar-refractivity contribution in [1.82, 2.24) is 14.7 Å². The van der Waals surface area contributed by atoms with E-state index < -0.39 is 0 Å². The molecule has 0 bridgehead atoms. The number of piperazine rings is 1. The van der Waals surface area contributed by atoms with E-state index in [-0.39, 0.29) is 5.91 Å². The molecule has 3 aromatic rings. The zero-order valence-corrected chi connectivity index (χ0v) is 18.1. The van der Waals surface area contributed by atoms with Gasteiger partial charge in [-0.2, -0.15) is 5.10 Å². The Kier molecular flexibility index (Phi) is 6.50. The fourth-order valence-corrected chi connectivity index (χ4v) is 4.26. The molecule has 5 nitrogen and oxygen atoms in total. The number of nitrogens with one attached hydrogen (secondary N) is 1. The highest BCUT2D eigenvalue weighted by Gasteiger charge is 2.27. The van der Waals surface area contributed by atoms with Crippen molar-refractivity contribution in [2.45, 2.75) is 19.9 Å². The number of benzene rings is 2. The first kappa shape index (κ1) is 20.6. The number of hydrogen-bond donors (Lipinski definition) is 1. The number of hydrogen-bond acceptors (Lipinski definition) is 2. The summed E-state index contributed by atoms with van der Waals surface area (Å²) in [5.41, 5.74) is 3.33. The monoisotopic (exact) mass is 423 g/mol. The van der Waals surface area contributed by atoms with Gasteiger partial charge < -0.3 is 9.80 Å². The lowest BCUT2D eigenvalue weighted by Gasteiger charge is -2.32. The smallest absolute Gasteiger partial charge is 0.258 e. The van der Waals surface area contributed by atoms with Crippen LogP contribution in [0.3, 0.4) is 0 Å². The van der Waals surface area contributed by atoms with Gasteiger partial charge >= 0.3 is 0 Å². The van der Waals surface area contributed by atoms with Crippen LogP contribution in [0.25, 0.3) is 11.3 Å². The Balaban J connectivity index is 1.62. The van der Waals surface area contributed by atoms with Crippen molar-refractivity contribution >= 4 is 17.5 Å². The Bertz CT molecular complexity index is 993. The van der Waals surface area contributed by atoms with Crippen molar-refractivity contribution < 1.29 is 9.69 Å². The van der Waals surface area contributed by atoms with Crippen LogP contribution in [0.1, 0.15) is 29.3 Å². The molecule has 1 aromatic heterocycles. The van der Waals surface area contributed by atoms with Gasteiger partial charge in [0.2, 0.25) is 0 Å². The highest BCUT2D eigenvalue weighted by atomic mass is 35.5. The molecule has 1 saturated heterocycles. The molecule has 1 N–H and O–H groups in total. The second-order valence-corrected chi connectivity index (χ2v) is 8.25. The standard InChI is InChI=1S/C24H27ClN4O/c1-2-12-27-13-15-28(16-14-27)24(30)21-18-29(17-20-10-6-7-11-22(20)25)26-23(21)19-8-4-3-5-9-19/h3-11,18H,2,12-17H2,1H3/p+1. The quantitative estimate of drug-likeness (QED) is 0.662. The van der Waals surface area contributed by atoms with E-state index in [9.17, 15) is 4.79 Å². The fraction of sp³-hybridized carbons (Fsp3) is 0.333. The number of amides is 1. The predicted octanol–water partition coefficient (Wildman–Crippen LogP) is 3.00. The van der Waals surface area contributed by atoms with Crippen molar-refractivity contribution in [3.8, 4) is 11.3 Å². The van der Waals surface area contributed by atoms with Crippen LogP contribution in [0.4, 0.5) is 0 Å². The molecule has 30 heavy (non-hydrogen) atoms. The Labute approximate surface area is 182 Å². The first-order valence-corrected chi connectivity index (χ1v) is 11.0. The molecule has 1 aliphatic rings. The molecule has 2 aromatic carbocycles. The number of aromatic nitrogens is 2. The third kappa shape index (κ3) is 4.58. The predicted molar refractivity (Wildman–Crippen MR) is 120 cm³/mol. The number of carbonyl (C=O) groups is 1. The van der Waals surface area contributed by atoms with Crippen molar-refractivity contribution in [1.29, 1.82) is 0 Å². The van der Waals surface area contributed by atoms with Gasteiger partial charge in [-0.05, 0) is 18.1 Å². The van der Waals surface area contributed by atoms with Crippen LogP contribution in [0.15, 0.2) is 60.8 Å². The number of rotatable bonds is 6. The first-order valence-electron chi connectivity index (χ1n) is 10.6. The molecule has 4 rings (SSSR count). The van der Waals surface area contributed by atoms with Gasteiger partial charge in [0.15, 0.2) is 0 Å². The molecule has 2 heterocycles. The van der Waals surface area contributed by atoms with Gasteiger partial charge in [0, 0.05) is 16.8 Å². The summed E-state index contributed by atoms with van der Waals surface area (Å²) in [6, 6.07) is 17.7. The van der Waals surface area contributed by atoms with Crippen molar-refractivity contribution in [2.24, 2.45) is 0 Å². The number of nitrogens with zero attached hydrogens (tertiary/aromatic N) is 3. The molecule has 0 atom stereocenters. The van der Waals surface area contributed by atoms with Gasteiger partial charge in [-0.3, -0.25) is 9.48 Å². The fourth-order valence-electron chi connectivity index (χ4n) is 4.07. The number of quaternary nitrogens is 1. The Morgan fingerprint density at radius 3 is 2.47 bits per heavy atom. The highest BCUT2D eigenvalue weighted by molar-refractivity contribution is 6.31. The average molecular weight is 424 g/mol. The zero-order valence-electron chi connectivity index (χ0n) is 17.4. The zero-order chi connectivity index (χ0) is 20.9. The molecular formula is C24H28ClN4O+. The maximum Gasteiger partial charge on any atom is 0.258 e. The van der Waals surface area contributed by atoms with Crippen molar-refractivity contribution in [3.05, 3.63) is 76.9 Å². The molecule has 0 saturated carbocycles. The van der Waals surface area contributed by atoms with Gasteiger partial charge in [0.25, 0.3) is 5.91 Å². The van der Waals surface area contributed by atoms with Crippen molar-refractivity contribution in [3.63, 3.8) is 0 Å². The largest absolute Gasteiger partial charge is 0.332 e. The summed E-state index contributed by atoms with van der Waals surface area (Å²) in [6.45, 7) is 7.51. The van der Waals surface area contributed by atoms with Gasteiger partial charge in [-0.1, -0.05) is 67.1 Å². The summed E-state index contributed by atoms with van der Waals surface area (Å²) >= 11 is 6.34. The number of halogens is 1. The van der Waals surface area contributed by atoms with Crippen molar-refractivity contribution in [2.75, 3.05) is 32.7 Å². The summed E-state index contributed by atoms with van der Waals surface area (Å²) in [7, 11) is 0. The Morgan fingerprint density at radius 1 is 1.07 bits per heavy atom. The molecule has 0 aliphatic carbocycles. The van der Waals surface area contributed by atoms with Crippen LogP contribution >= 0.6 is 11.6 Å². The van der Waals surface area contributed by atoms with E-state index in [2.05, 4.69) is 6.92 Å². The van der Waals surface area contributed by atoms with Gasteiger partial charge in [0.1, 0.15) is 5.69 Å². The third-order valence-electron chi connectivity index (χ3n) is 5.69. The SMILES string of the molecule is CCC[NH+]1CCN(C(=O)c2cn(Cc3ccccc3Cl)nc2-c2ccccc2)CC1. The molecule has 1 aliphatic heterocycles. The van der Waals surface area contributed by atoms with E-state index in [1.807, 2.05) is 70.4 Å². The summed E-state index contributed by atoms with van der Waals surface area (Å²) in [4.78, 5) is 17.0. The molecule has 0 spiro atoms. The minimum absolute atomic E-state index is 0.0646. The maximum absolute atomic E-state index is 13.4. The van der Waals surface area contributed by atoms with E-state index >= 15 is 0 Å². The summed E-state index contributed by atoms with van der Waals surface area (Å²) in [6.07, 6.45) is 3.05. The topological polar surface area (TPSA) is 42.6 Å². The van der Waals surface area contributed by atoms with Crippen LogP contribution < -0.4 is 4.90 Å². The molecule has 1 fully saturated rings. The normalized spacial score (nSPS) is 14.8. The lowest BCUT2D eigenvalue weighted by atomic mass is 10.1. The molecule has 0 unspecified atom stereocenters. The molecular weight excluding hydrogens is 396 g/mol. The van der Waals surface area contributed by atoms with Crippen LogP contribution in [0.2, 0.25) is 5.02 Å². The maximum atomic E-state index is 13.4. The van der Waals surface area contributed by atoms with E-state index in [0.29, 0.717) is 17.1 Å². The molecule has 1 amide bonds. The van der Waals surface area contributed by atoms with E-state index in [0.717, 1.165) is 43.0 Å². The van der Waals surface area contributed by atoms with Crippen LogP contribution in [0, 0.1) is 0 Å². The summed E-state index contributed by atoms with van der Waals surface area (Å²) in [5.74, 6) is 0.0646. The number of carbonyl (C=O) groups excluding carboxylic acids is 1. The molecule has 0 radical (unpaired) electrons. The second-order valence-electron chi connectivity index (χ2n) is 7.84. The highest BCUT2D eigenvalue weighted by Crippen LogP contribution is 2.25. The van der Waals surface area contributed by atoms with Crippen LogP contribution in [-0.4, -0.2) is 53.3 Å². The summed E-state index contributed by atoms with van der Waals surface area (Å²) < 4.78 is 1.83. The van der Waals surface area contributed by atoms with Gasteiger partial charge in [-0.15, -0.1) is 0 Å². The molecule has 156 valence electrons. The van der Waals surface area contributed by atoms with E-state index in [4.69, 9.17) is 16.7 Å². The van der Waals surface area contributed by atoms with E-state index in [1.54, 1.807) is 4.90 Å². The minimum atomic E-state index is 0.0646. The Morgan fingerprint density at radius 2 is 1.77 bits per heavy atom. The van der Waals surface area contributed by atoms with E-state index in [1.165, 1.54) is 13.0 Å². The third-order valence-corrected chi connectivity index (χ3v) is 6.06. The lowest BCUT2D eigenvalue weighted by Crippen LogP contribution is -3.14. The average Bonchev–Trinajstić information content (AvgIpc) is 3.20. The summed E-state index contributed by atoms with van der Waals surface area (Å²) in [5, 5.41) is 5.49. The Hall–Kier alpha value is -2.63. The van der Waals surface area contributed by atoms with Crippen LogP contribution in [0.5, 0.6) is 0 Å². The lowest BCUT2D eigenvalue weighted by molar-refractivity contribution is -0.904. The first-order chi connectivity index (χ1) is 14.7. The van der Waals surface area contributed by atoms with Gasteiger partial charge in [-0.25, -0.2) is 0 Å². The molecule has 6 heteroatoms.